The van der Waals surface area contributed by atoms with Gasteiger partial charge in [-0.1, -0.05) is 56.7 Å². The lowest BCUT2D eigenvalue weighted by Gasteiger charge is -2.24. The van der Waals surface area contributed by atoms with Gasteiger partial charge in [-0.2, -0.15) is 0 Å². The molecule has 2 heterocycles. The molecule has 1 saturated heterocycles. The van der Waals surface area contributed by atoms with Gasteiger partial charge in [-0.05, 0) is 56.3 Å². The molecule has 1 aromatic carbocycles. The number of carbonyl (C=O) groups excluding carboxylic acids is 1. The predicted molar refractivity (Wildman–Crippen MR) is 119 cm³/mol. The van der Waals surface area contributed by atoms with E-state index in [0.717, 1.165) is 50.0 Å². The summed E-state index contributed by atoms with van der Waals surface area (Å²) in [7, 11) is 0. The number of aryl methyl sites for hydroxylation is 1. The van der Waals surface area contributed by atoms with E-state index < -0.39 is 0 Å². The highest BCUT2D eigenvalue weighted by molar-refractivity contribution is 5.93. The lowest BCUT2D eigenvalue weighted by Crippen LogP contribution is -2.33. The number of amides is 1. The first-order chi connectivity index (χ1) is 13.5. The summed E-state index contributed by atoms with van der Waals surface area (Å²) in [5.74, 6) is 0.134. The van der Waals surface area contributed by atoms with Crippen molar-refractivity contribution >= 4 is 18.3 Å². The van der Waals surface area contributed by atoms with Crippen LogP contribution >= 0.6 is 12.4 Å². The summed E-state index contributed by atoms with van der Waals surface area (Å²) in [4.78, 5) is 13.0. The Balaban J connectivity index is 0.00000300. The molecule has 1 atom stereocenters. The van der Waals surface area contributed by atoms with E-state index in [-0.39, 0.29) is 30.3 Å². The monoisotopic (exact) mass is 419 g/mol. The van der Waals surface area contributed by atoms with Gasteiger partial charge in [0.2, 0.25) is 0 Å². The maximum Gasteiger partial charge on any atom is 0.274 e. The number of benzene rings is 1. The van der Waals surface area contributed by atoms with Gasteiger partial charge in [-0.15, -0.1) is 17.5 Å². The van der Waals surface area contributed by atoms with E-state index in [1.807, 2.05) is 11.6 Å². The van der Waals surface area contributed by atoms with Gasteiger partial charge in [0, 0.05) is 0 Å². The molecule has 3 rings (SSSR count). The number of hydrogen-bond donors (Lipinski definition) is 2. The lowest BCUT2D eigenvalue weighted by molar-refractivity contribution is 0.0919. The minimum atomic E-state index is -0.144. The average molecular weight is 420 g/mol. The third kappa shape index (κ3) is 5.58. The Labute approximate surface area is 180 Å². The van der Waals surface area contributed by atoms with Crippen LogP contribution in [-0.4, -0.2) is 34.0 Å². The molecule has 1 unspecified atom stereocenters. The normalized spacial score (nSPS) is 15.8. The highest BCUT2D eigenvalue weighted by Crippen LogP contribution is 2.24. The number of rotatable bonds is 7. The summed E-state index contributed by atoms with van der Waals surface area (Å²) in [6.45, 7) is 10.3. The average Bonchev–Trinajstić information content (AvgIpc) is 3.09. The molecule has 0 aliphatic carbocycles. The first-order valence-electron chi connectivity index (χ1n) is 10.5. The Morgan fingerprint density at radius 1 is 1.24 bits per heavy atom. The fourth-order valence-corrected chi connectivity index (χ4v) is 3.97. The zero-order valence-corrected chi connectivity index (χ0v) is 18.8. The van der Waals surface area contributed by atoms with Crippen LogP contribution in [0.3, 0.4) is 0 Å². The first-order valence-corrected chi connectivity index (χ1v) is 10.5. The van der Waals surface area contributed by atoms with Crippen LogP contribution < -0.4 is 10.6 Å². The molecule has 2 N–H and O–H groups in total. The SMILES string of the molecule is CCCc1ccc(C(NC(=O)c2nnn(C3CCNCC3)c2C)C(C)C)cc1.Cl. The highest BCUT2D eigenvalue weighted by Gasteiger charge is 2.25. The van der Waals surface area contributed by atoms with Crippen molar-refractivity contribution in [2.24, 2.45) is 5.92 Å². The predicted octanol–water partition coefficient (Wildman–Crippen LogP) is 4.01. The molecule has 0 spiro atoms. The van der Waals surface area contributed by atoms with Crippen molar-refractivity contribution in [3.63, 3.8) is 0 Å². The molecule has 160 valence electrons. The molecule has 1 amide bonds. The molecule has 7 heteroatoms. The third-order valence-corrected chi connectivity index (χ3v) is 5.63. The second kappa shape index (κ2) is 10.7. The lowest BCUT2D eigenvalue weighted by atomic mass is 9.94. The number of halogens is 1. The van der Waals surface area contributed by atoms with E-state index in [0.29, 0.717) is 11.7 Å². The second-order valence-corrected chi connectivity index (χ2v) is 8.14. The Morgan fingerprint density at radius 3 is 2.48 bits per heavy atom. The van der Waals surface area contributed by atoms with Gasteiger partial charge < -0.3 is 10.6 Å². The number of aromatic nitrogens is 3. The van der Waals surface area contributed by atoms with Crippen LogP contribution in [0, 0.1) is 12.8 Å². The summed E-state index contributed by atoms with van der Waals surface area (Å²) in [6, 6.07) is 8.87. The van der Waals surface area contributed by atoms with E-state index >= 15 is 0 Å². The summed E-state index contributed by atoms with van der Waals surface area (Å²) in [6.07, 6.45) is 4.25. The molecule has 6 nitrogen and oxygen atoms in total. The topological polar surface area (TPSA) is 71.8 Å². The molecule has 2 aromatic rings. The molecule has 1 fully saturated rings. The Kier molecular flexibility index (Phi) is 8.65. The molecule has 0 bridgehead atoms. The van der Waals surface area contributed by atoms with Gasteiger partial charge in [0.25, 0.3) is 5.91 Å². The number of hydrogen-bond acceptors (Lipinski definition) is 4. The van der Waals surface area contributed by atoms with Crippen molar-refractivity contribution in [1.82, 2.24) is 25.6 Å². The minimum absolute atomic E-state index is 0. The van der Waals surface area contributed by atoms with Gasteiger partial charge in [-0.25, -0.2) is 4.68 Å². The number of carbonyl (C=O) groups is 1. The van der Waals surface area contributed by atoms with Crippen molar-refractivity contribution in [3.8, 4) is 0 Å². The second-order valence-electron chi connectivity index (χ2n) is 8.14. The van der Waals surface area contributed by atoms with E-state index in [1.165, 1.54) is 5.56 Å². The van der Waals surface area contributed by atoms with Gasteiger partial charge in [0.15, 0.2) is 5.69 Å². The number of nitrogens with one attached hydrogen (secondary N) is 2. The van der Waals surface area contributed by atoms with Crippen molar-refractivity contribution in [1.29, 1.82) is 0 Å². The maximum atomic E-state index is 13.0. The van der Waals surface area contributed by atoms with Crippen molar-refractivity contribution < 1.29 is 4.79 Å². The van der Waals surface area contributed by atoms with E-state index in [9.17, 15) is 4.79 Å². The summed E-state index contributed by atoms with van der Waals surface area (Å²) < 4.78 is 1.93. The Hall–Kier alpha value is -1.92. The molecule has 0 saturated carbocycles. The fourth-order valence-electron chi connectivity index (χ4n) is 3.97. The van der Waals surface area contributed by atoms with Crippen LogP contribution in [0.5, 0.6) is 0 Å². The standard InChI is InChI=1S/C22H33N5O.ClH/c1-5-6-17-7-9-18(10-8-17)20(15(2)3)24-22(28)21-16(4)27(26-25-21)19-11-13-23-14-12-19;/h7-10,15,19-20,23H,5-6,11-14H2,1-4H3,(H,24,28);1H. The summed E-state index contributed by atoms with van der Waals surface area (Å²) >= 11 is 0. The van der Waals surface area contributed by atoms with Gasteiger partial charge in [0.1, 0.15) is 0 Å². The minimum Gasteiger partial charge on any atom is -0.344 e. The molecule has 0 radical (unpaired) electrons. The summed E-state index contributed by atoms with van der Waals surface area (Å²) in [5.41, 5.74) is 3.75. The van der Waals surface area contributed by atoms with Crippen LogP contribution in [0.15, 0.2) is 24.3 Å². The number of nitrogens with zero attached hydrogens (tertiary/aromatic N) is 3. The van der Waals surface area contributed by atoms with Crippen LogP contribution in [0.2, 0.25) is 0 Å². The first kappa shape index (κ1) is 23.4. The quantitative estimate of drug-likeness (QED) is 0.711. The van der Waals surface area contributed by atoms with Crippen molar-refractivity contribution in [2.45, 2.75) is 65.5 Å². The third-order valence-electron chi connectivity index (χ3n) is 5.63. The molecule has 29 heavy (non-hydrogen) atoms. The van der Waals surface area contributed by atoms with E-state index in [2.05, 4.69) is 66.0 Å². The van der Waals surface area contributed by atoms with Crippen LogP contribution in [0.1, 0.15) is 79.4 Å². The fraction of sp³-hybridized carbons (Fsp3) is 0.591. The van der Waals surface area contributed by atoms with Gasteiger partial charge in [0.05, 0.1) is 17.8 Å². The van der Waals surface area contributed by atoms with Gasteiger partial charge >= 0.3 is 0 Å². The van der Waals surface area contributed by atoms with Crippen molar-refractivity contribution in [3.05, 3.63) is 46.8 Å². The molecular formula is C22H34ClN5O. The highest BCUT2D eigenvalue weighted by atomic mass is 35.5. The summed E-state index contributed by atoms with van der Waals surface area (Å²) in [5, 5.41) is 15.1. The molecule has 1 aliphatic heterocycles. The van der Waals surface area contributed by atoms with Crippen LogP contribution in [-0.2, 0) is 6.42 Å². The number of piperidine rings is 1. The van der Waals surface area contributed by atoms with Crippen molar-refractivity contribution in [2.75, 3.05) is 13.1 Å². The largest absolute Gasteiger partial charge is 0.344 e. The zero-order chi connectivity index (χ0) is 20.1. The van der Waals surface area contributed by atoms with E-state index in [4.69, 9.17) is 0 Å². The van der Waals surface area contributed by atoms with Crippen LogP contribution in [0.4, 0.5) is 0 Å². The smallest absolute Gasteiger partial charge is 0.274 e. The van der Waals surface area contributed by atoms with E-state index in [1.54, 1.807) is 0 Å². The Bertz CT molecular complexity index is 781. The van der Waals surface area contributed by atoms with Crippen LogP contribution in [0.25, 0.3) is 0 Å². The maximum absolute atomic E-state index is 13.0. The Morgan fingerprint density at radius 2 is 1.90 bits per heavy atom. The molecular weight excluding hydrogens is 386 g/mol. The molecule has 1 aromatic heterocycles. The van der Waals surface area contributed by atoms with Gasteiger partial charge in [-0.3, -0.25) is 4.79 Å². The zero-order valence-electron chi connectivity index (χ0n) is 17.9. The molecule has 1 aliphatic rings.